The number of piperidine rings is 1. The molecule has 3 rings (SSSR count). The van der Waals surface area contributed by atoms with Crippen molar-refractivity contribution in [1.29, 1.82) is 0 Å². The van der Waals surface area contributed by atoms with Crippen molar-refractivity contribution in [1.82, 2.24) is 5.32 Å². The minimum Gasteiger partial charge on any atom is -0.388 e. The standard InChI is InChI=1S/C13H19NOS/c15-13(5-2-6-14-9-13)8-11-7-10-3-1-4-12(10)16-11/h7,14-15H,1-6,8-9H2. The van der Waals surface area contributed by atoms with Crippen molar-refractivity contribution in [3.05, 3.63) is 21.4 Å². The molecule has 1 atom stereocenters. The first-order chi connectivity index (χ1) is 7.75. The molecule has 0 amide bonds. The Balaban J connectivity index is 1.73. The lowest BCUT2D eigenvalue weighted by Gasteiger charge is -2.32. The fraction of sp³-hybridized carbons (Fsp3) is 0.692. The van der Waals surface area contributed by atoms with Crippen molar-refractivity contribution in [2.45, 2.75) is 44.1 Å². The van der Waals surface area contributed by atoms with Crippen LogP contribution in [0, 0.1) is 0 Å². The summed E-state index contributed by atoms with van der Waals surface area (Å²) < 4.78 is 0. The number of fused-ring (bicyclic) bond motifs is 1. The Morgan fingerprint density at radius 3 is 3.06 bits per heavy atom. The van der Waals surface area contributed by atoms with Crippen molar-refractivity contribution in [3.8, 4) is 0 Å². The van der Waals surface area contributed by atoms with E-state index in [0.717, 1.165) is 32.4 Å². The maximum absolute atomic E-state index is 10.5. The van der Waals surface area contributed by atoms with E-state index in [4.69, 9.17) is 0 Å². The number of aliphatic hydroxyl groups is 1. The normalized spacial score (nSPS) is 29.3. The molecule has 0 bridgehead atoms. The number of rotatable bonds is 2. The van der Waals surface area contributed by atoms with E-state index in [2.05, 4.69) is 11.4 Å². The average molecular weight is 237 g/mol. The quantitative estimate of drug-likeness (QED) is 0.823. The third-order valence-corrected chi connectivity index (χ3v) is 4.99. The van der Waals surface area contributed by atoms with Gasteiger partial charge in [0.2, 0.25) is 0 Å². The second-order valence-electron chi connectivity index (χ2n) is 5.20. The van der Waals surface area contributed by atoms with Crippen LogP contribution in [-0.2, 0) is 19.3 Å². The molecule has 2 heterocycles. The molecule has 1 aromatic rings. The van der Waals surface area contributed by atoms with E-state index in [1.807, 2.05) is 11.3 Å². The van der Waals surface area contributed by atoms with E-state index in [1.165, 1.54) is 24.1 Å². The summed E-state index contributed by atoms with van der Waals surface area (Å²) in [7, 11) is 0. The van der Waals surface area contributed by atoms with E-state index >= 15 is 0 Å². The molecule has 2 nitrogen and oxygen atoms in total. The molecular weight excluding hydrogens is 218 g/mol. The third kappa shape index (κ3) is 2.04. The second-order valence-corrected chi connectivity index (χ2v) is 6.42. The van der Waals surface area contributed by atoms with Crippen LogP contribution in [0.2, 0.25) is 0 Å². The van der Waals surface area contributed by atoms with Gasteiger partial charge < -0.3 is 10.4 Å². The SMILES string of the molecule is OC1(Cc2cc3c(s2)CCC3)CCCNC1. The highest BCUT2D eigenvalue weighted by Crippen LogP contribution is 2.33. The predicted octanol–water partition coefficient (Wildman–Crippen LogP) is 1.89. The zero-order chi connectivity index (χ0) is 11.0. The molecule has 2 N–H and O–H groups in total. The van der Waals surface area contributed by atoms with Gasteiger partial charge in [-0.15, -0.1) is 11.3 Å². The highest BCUT2D eigenvalue weighted by atomic mass is 32.1. The van der Waals surface area contributed by atoms with Crippen LogP contribution in [-0.4, -0.2) is 23.8 Å². The molecule has 0 radical (unpaired) electrons. The summed E-state index contributed by atoms with van der Waals surface area (Å²) in [6, 6.07) is 2.33. The number of β-amino-alcohol motifs (C(OH)–C–C–N with tert-alkyl or cyclic N) is 1. The average Bonchev–Trinajstić information content (AvgIpc) is 2.78. The highest BCUT2D eigenvalue weighted by molar-refractivity contribution is 7.12. The molecule has 1 aromatic heterocycles. The molecule has 0 saturated carbocycles. The first-order valence-corrected chi connectivity index (χ1v) is 7.10. The van der Waals surface area contributed by atoms with Gasteiger partial charge in [-0.1, -0.05) is 0 Å². The van der Waals surface area contributed by atoms with E-state index in [9.17, 15) is 5.11 Å². The van der Waals surface area contributed by atoms with Gasteiger partial charge in [-0.2, -0.15) is 0 Å². The van der Waals surface area contributed by atoms with E-state index in [1.54, 1.807) is 10.4 Å². The van der Waals surface area contributed by atoms with Crippen LogP contribution in [0.15, 0.2) is 6.07 Å². The number of nitrogens with one attached hydrogen (secondary N) is 1. The topological polar surface area (TPSA) is 32.3 Å². The molecule has 0 spiro atoms. The molecule has 0 aromatic carbocycles. The van der Waals surface area contributed by atoms with Gasteiger partial charge in [0.1, 0.15) is 0 Å². The van der Waals surface area contributed by atoms with Gasteiger partial charge in [-0.05, 0) is 50.3 Å². The van der Waals surface area contributed by atoms with Crippen molar-refractivity contribution < 1.29 is 5.11 Å². The summed E-state index contributed by atoms with van der Waals surface area (Å²) >= 11 is 1.93. The fourth-order valence-electron chi connectivity index (χ4n) is 2.90. The lowest BCUT2D eigenvalue weighted by molar-refractivity contribution is 0.0176. The van der Waals surface area contributed by atoms with Crippen molar-refractivity contribution in [2.75, 3.05) is 13.1 Å². The van der Waals surface area contributed by atoms with Gasteiger partial charge >= 0.3 is 0 Å². The van der Waals surface area contributed by atoms with Crippen molar-refractivity contribution in [2.24, 2.45) is 0 Å². The number of hydrogen-bond acceptors (Lipinski definition) is 3. The summed E-state index contributed by atoms with van der Waals surface area (Å²) in [4.78, 5) is 2.96. The number of thiophene rings is 1. The zero-order valence-corrected chi connectivity index (χ0v) is 10.4. The molecule has 88 valence electrons. The Hall–Kier alpha value is -0.380. The van der Waals surface area contributed by atoms with Crippen LogP contribution < -0.4 is 5.32 Å². The van der Waals surface area contributed by atoms with E-state index in [-0.39, 0.29) is 0 Å². The van der Waals surface area contributed by atoms with Crippen molar-refractivity contribution >= 4 is 11.3 Å². The Morgan fingerprint density at radius 1 is 1.38 bits per heavy atom. The molecule has 1 aliphatic heterocycles. The Bertz CT molecular complexity index is 358. The largest absolute Gasteiger partial charge is 0.388 e. The van der Waals surface area contributed by atoms with Crippen LogP contribution in [0.5, 0.6) is 0 Å². The van der Waals surface area contributed by atoms with Crippen LogP contribution in [0.4, 0.5) is 0 Å². The van der Waals surface area contributed by atoms with E-state index < -0.39 is 5.60 Å². The highest BCUT2D eigenvalue weighted by Gasteiger charge is 2.30. The molecule has 1 fully saturated rings. The monoisotopic (exact) mass is 237 g/mol. The lowest BCUT2D eigenvalue weighted by atomic mass is 9.90. The third-order valence-electron chi connectivity index (χ3n) is 3.75. The molecule has 1 unspecified atom stereocenters. The van der Waals surface area contributed by atoms with Gasteiger partial charge in [-0.3, -0.25) is 0 Å². The Labute approximate surface area is 101 Å². The van der Waals surface area contributed by atoms with Gasteiger partial charge in [0.25, 0.3) is 0 Å². The zero-order valence-electron chi connectivity index (χ0n) is 9.59. The summed E-state index contributed by atoms with van der Waals surface area (Å²) in [5, 5.41) is 13.8. The van der Waals surface area contributed by atoms with Crippen LogP contribution in [0.25, 0.3) is 0 Å². The van der Waals surface area contributed by atoms with Crippen LogP contribution >= 0.6 is 11.3 Å². The van der Waals surface area contributed by atoms with Crippen LogP contribution in [0.3, 0.4) is 0 Å². The maximum Gasteiger partial charge on any atom is 0.0820 e. The molecular formula is C13H19NOS. The summed E-state index contributed by atoms with van der Waals surface area (Å²) in [5.41, 5.74) is 1.06. The lowest BCUT2D eigenvalue weighted by Crippen LogP contribution is -2.46. The second kappa shape index (κ2) is 4.13. The van der Waals surface area contributed by atoms with E-state index in [0.29, 0.717) is 0 Å². The molecule has 3 heteroatoms. The number of aryl methyl sites for hydroxylation is 2. The summed E-state index contributed by atoms with van der Waals surface area (Å²) in [5.74, 6) is 0. The maximum atomic E-state index is 10.5. The molecule has 16 heavy (non-hydrogen) atoms. The molecule has 1 saturated heterocycles. The Kier molecular flexibility index (Phi) is 2.78. The summed E-state index contributed by atoms with van der Waals surface area (Å²) in [6.45, 7) is 1.82. The van der Waals surface area contributed by atoms with Gasteiger partial charge in [0.05, 0.1) is 5.60 Å². The molecule has 1 aliphatic carbocycles. The van der Waals surface area contributed by atoms with Gasteiger partial charge in [-0.25, -0.2) is 0 Å². The fourth-order valence-corrected chi connectivity index (χ4v) is 4.30. The predicted molar refractivity (Wildman–Crippen MR) is 67.1 cm³/mol. The van der Waals surface area contributed by atoms with Crippen LogP contribution in [0.1, 0.15) is 34.6 Å². The minimum absolute atomic E-state index is 0.489. The first-order valence-electron chi connectivity index (χ1n) is 6.29. The summed E-state index contributed by atoms with van der Waals surface area (Å²) in [6.07, 6.45) is 6.73. The van der Waals surface area contributed by atoms with Crippen molar-refractivity contribution in [3.63, 3.8) is 0 Å². The van der Waals surface area contributed by atoms with Gasteiger partial charge in [0.15, 0.2) is 0 Å². The Morgan fingerprint density at radius 2 is 2.31 bits per heavy atom. The number of hydrogen-bond donors (Lipinski definition) is 2. The molecule has 2 aliphatic rings. The smallest absolute Gasteiger partial charge is 0.0820 e. The van der Waals surface area contributed by atoms with Gasteiger partial charge in [0, 0.05) is 22.7 Å². The minimum atomic E-state index is -0.489. The first kappa shape index (κ1) is 10.8.